The monoisotopic (exact) mass is 283 g/mol. The van der Waals surface area contributed by atoms with Crippen LogP contribution in [-0.4, -0.2) is 16.3 Å². The van der Waals surface area contributed by atoms with Crippen molar-refractivity contribution in [3.8, 4) is 11.5 Å². The van der Waals surface area contributed by atoms with E-state index in [0.717, 1.165) is 0 Å². The van der Waals surface area contributed by atoms with Crippen LogP contribution in [-0.2, 0) is 0 Å². The van der Waals surface area contributed by atoms with E-state index in [1.807, 2.05) is 0 Å². The summed E-state index contributed by atoms with van der Waals surface area (Å²) in [6.45, 7) is 0. The second-order valence-electron chi connectivity index (χ2n) is 4.14. The van der Waals surface area contributed by atoms with E-state index in [0.29, 0.717) is 17.0 Å². The molecule has 104 valence electrons. The van der Waals surface area contributed by atoms with Gasteiger partial charge in [-0.2, -0.15) is 0 Å². The van der Waals surface area contributed by atoms with Crippen LogP contribution in [0.25, 0.3) is 11.5 Å². The third kappa shape index (κ3) is 2.86. The van der Waals surface area contributed by atoms with Crippen LogP contribution < -0.4 is 0 Å². The molecule has 0 radical (unpaired) electrons. The van der Waals surface area contributed by atoms with E-state index in [1.165, 1.54) is 24.6 Å². The number of nitro benzene ring substituents is 1. The number of aliphatic imine (C=N–C) groups is 1. The minimum Gasteiger partial charge on any atom is -0.463 e. The fourth-order valence-corrected chi connectivity index (χ4v) is 1.72. The summed E-state index contributed by atoms with van der Waals surface area (Å²) in [5, 5.41) is 14.5. The highest BCUT2D eigenvalue weighted by Crippen LogP contribution is 2.23. The van der Waals surface area contributed by atoms with Crippen molar-refractivity contribution >= 4 is 17.8 Å². The average molecular weight is 283 g/mol. The molecule has 2 aromatic heterocycles. The van der Waals surface area contributed by atoms with Gasteiger partial charge in [0.1, 0.15) is 0 Å². The van der Waals surface area contributed by atoms with Crippen LogP contribution in [0.5, 0.6) is 0 Å². The molecule has 0 unspecified atom stereocenters. The molecule has 0 N–H and O–H groups in total. The van der Waals surface area contributed by atoms with E-state index in [4.69, 9.17) is 8.94 Å². The van der Waals surface area contributed by atoms with Crippen molar-refractivity contribution in [3.05, 3.63) is 64.4 Å². The summed E-state index contributed by atoms with van der Waals surface area (Å²) < 4.78 is 10.2. The Bertz CT molecular complexity index is 790. The number of hydrogen-bond acceptors (Lipinski definition) is 6. The maximum atomic E-state index is 10.7. The molecule has 0 atom stereocenters. The van der Waals surface area contributed by atoms with Gasteiger partial charge in [-0.1, -0.05) is 17.3 Å². The first kappa shape index (κ1) is 12.8. The minimum atomic E-state index is -0.458. The van der Waals surface area contributed by atoms with Crippen LogP contribution in [0, 0.1) is 10.1 Å². The van der Waals surface area contributed by atoms with E-state index in [9.17, 15) is 10.1 Å². The standard InChI is InChI=1S/C14H9N3O4/c18-17(19)11-4-1-3-10(7-11)9-15-14-8-12(16-21-14)13-5-2-6-20-13/h1-9H/b15-9-. The number of nitrogens with zero attached hydrogens (tertiary/aromatic N) is 3. The van der Waals surface area contributed by atoms with E-state index >= 15 is 0 Å². The number of aromatic nitrogens is 1. The van der Waals surface area contributed by atoms with Gasteiger partial charge in [0.2, 0.25) is 0 Å². The summed E-state index contributed by atoms with van der Waals surface area (Å²) in [6.07, 6.45) is 3.01. The molecule has 0 aliphatic heterocycles. The fraction of sp³-hybridized carbons (Fsp3) is 0. The van der Waals surface area contributed by atoms with E-state index in [-0.39, 0.29) is 11.6 Å². The summed E-state index contributed by atoms with van der Waals surface area (Å²) >= 11 is 0. The quantitative estimate of drug-likeness (QED) is 0.414. The lowest BCUT2D eigenvalue weighted by molar-refractivity contribution is -0.384. The van der Waals surface area contributed by atoms with Crippen LogP contribution in [0.15, 0.2) is 62.7 Å². The lowest BCUT2D eigenvalue weighted by Gasteiger charge is -1.92. The molecule has 3 rings (SSSR count). The number of benzene rings is 1. The van der Waals surface area contributed by atoms with Gasteiger partial charge in [0.15, 0.2) is 11.5 Å². The van der Waals surface area contributed by atoms with Gasteiger partial charge in [-0.15, -0.1) is 0 Å². The fourth-order valence-electron chi connectivity index (χ4n) is 1.72. The van der Waals surface area contributed by atoms with Gasteiger partial charge in [-0.05, 0) is 17.7 Å². The molecule has 0 bridgehead atoms. The number of nitro groups is 1. The highest BCUT2D eigenvalue weighted by Gasteiger charge is 2.08. The second kappa shape index (κ2) is 5.41. The van der Waals surface area contributed by atoms with Crippen molar-refractivity contribution in [1.29, 1.82) is 0 Å². The Morgan fingerprint density at radius 3 is 2.90 bits per heavy atom. The number of furan rings is 1. The molecular weight excluding hydrogens is 274 g/mol. The summed E-state index contributed by atoms with van der Waals surface area (Å²) in [5.41, 5.74) is 1.14. The summed E-state index contributed by atoms with van der Waals surface area (Å²) in [7, 11) is 0. The average Bonchev–Trinajstić information content (AvgIpc) is 3.16. The van der Waals surface area contributed by atoms with Gasteiger partial charge in [0.05, 0.1) is 11.2 Å². The Morgan fingerprint density at radius 2 is 2.14 bits per heavy atom. The van der Waals surface area contributed by atoms with Gasteiger partial charge in [0, 0.05) is 24.4 Å². The largest absolute Gasteiger partial charge is 0.463 e. The maximum Gasteiger partial charge on any atom is 0.270 e. The van der Waals surface area contributed by atoms with E-state index in [1.54, 1.807) is 30.3 Å². The molecule has 21 heavy (non-hydrogen) atoms. The molecule has 0 spiro atoms. The van der Waals surface area contributed by atoms with E-state index in [2.05, 4.69) is 10.1 Å². The Labute approximate surface area is 118 Å². The summed E-state index contributed by atoms with van der Waals surface area (Å²) in [6, 6.07) is 11.3. The minimum absolute atomic E-state index is 0.00722. The SMILES string of the molecule is O=[N+]([O-])c1cccc(/C=N\c2cc(-c3ccco3)no2)c1. The van der Waals surface area contributed by atoms with Crippen LogP contribution in [0.4, 0.5) is 11.6 Å². The van der Waals surface area contributed by atoms with Crippen molar-refractivity contribution in [2.45, 2.75) is 0 Å². The predicted molar refractivity (Wildman–Crippen MR) is 74.6 cm³/mol. The molecule has 1 aromatic carbocycles. The predicted octanol–water partition coefficient (Wildman–Crippen LogP) is 3.59. The Kier molecular flexibility index (Phi) is 3.30. The van der Waals surface area contributed by atoms with Crippen molar-refractivity contribution in [1.82, 2.24) is 5.16 Å². The van der Waals surface area contributed by atoms with Gasteiger partial charge >= 0.3 is 0 Å². The van der Waals surface area contributed by atoms with Gasteiger partial charge in [0.25, 0.3) is 11.6 Å². The molecule has 7 heteroatoms. The highest BCUT2D eigenvalue weighted by atomic mass is 16.6. The number of non-ortho nitro benzene ring substituents is 1. The van der Waals surface area contributed by atoms with Crippen LogP contribution in [0.3, 0.4) is 0 Å². The zero-order valence-electron chi connectivity index (χ0n) is 10.7. The Morgan fingerprint density at radius 1 is 1.24 bits per heavy atom. The molecule has 0 aliphatic rings. The first-order valence-electron chi connectivity index (χ1n) is 6.01. The third-order valence-corrected chi connectivity index (χ3v) is 2.69. The van der Waals surface area contributed by atoms with Crippen molar-refractivity contribution in [3.63, 3.8) is 0 Å². The summed E-state index contributed by atoms with van der Waals surface area (Å²) in [5.74, 6) is 0.864. The molecule has 2 heterocycles. The highest BCUT2D eigenvalue weighted by molar-refractivity contribution is 5.82. The molecule has 7 nitrogen and oxygen atoms in total. The number of rotatable bonds is 4. The third-order valence-electron chi connectivity index (χ3n) is 2.69. The van der Waals surface area contributed by atoms with Crippen LogP contribution in [0.1, 0.15) is 5.56 Å². The lowest BCUT2D eigenvalue weighted by Crippen LogP contribution is -1.89. The smallest absolute Gasteiger partial charge is 0.270 e. The molecule has 0 aliphatic carbocycles. The normalized spacial score (nSPS) is 11.0. The van der Waals surface area contributed by atoms with E-state index < -0.39 is 4.92 Å². The maximum absolute atomic E-state index is 10.7. The Hall–Kier alpha value is -3.22. The molecular formula is C14H9N3O4. The number of hydrogen-bond donors (Lipinski definition) is 0. The van der Waals surface area contributed by atoms with Gasteiger partial charge in [-0.3, -0.25) is 10.1 Å². The lowest BCUT2D eigenvalue weighted by atomic mass is 10.2. The van der Waals surface area contributed by atoms with Gasteiger partial charge < -0.3 is 8.94 Å². The van der Waals surface area contributed by atoms with Crippen molar-refractivity contribution in [2.75, 3.05) is 0 Å². The van der Waals surface area contributed by atoms with Crippen molar-refractivity contribution < 1.29 is 13.9 Å². The molecule has 0 saturated heterocycles. The first-order chi connectivity index (χ1) is 10.2. The molecule has 0 amide bonds. The second-order valence-corrected chi connectivity index (χ2v) is 4.14. The molecule has 0 fully saturated rings. The first-order valence-corrected chi connectivity index (χ1v) is 6.01. The Balaban J connectivity index is 1.80. The molecule has 0 saturated carbocycles. The zero-order valence-corrected chi connectivity index (χ0v) is 10.7. The van der Waals surface area contributed by atoms with Crippen molar-refractivity contribution in [2.24, 2.45) is 4.99 Å². The summed E-state index contributed by atoms with van der Waals surface area (Å²) in [4.78, 5) is 14.3. The van der Waals surface area contributed by atoms with Crippen LogP contribution >= 0.6 is 0 Å². The van der Waals surface area contributed by atoms with Crippen LogP contribution in [0.2, 0.25) is 0 Å². The molecule has 3 aromatic rings. The van der Waals surface area contributed by atoms with Gasteiger partial charge in [-0.25, -0.2) is 4.99 Å². The topological polar surface area (TPSA) is 94.7 Å². The zero-order chi connectivity index (χ0) is 14.7.